The van der Waals surface area contributed by atoms with Crippen molar-refractivity contribution in [1.82, 2.24) is 10.2 Å². The van der Waals surface area contributed by atoms with Crippen LogP contribution in [0.1, 0.15) is 53.4 Å². The fourth-order valence-electron chi connectivity index (χ4n) is 2.27. The van der Waals surface area contributed by atoms with Gasteiger partial charge >= 0.3 is 0 Å². The van der Waals surface area contributed by atoms with E-state index in [-0.39, 0.29) is 5.75 Å². The molecule has 0 aliphatic heterocycles. The Kier molecular flexibility index (Phi) is 11.4. The van der Waals surface area contributed by atoms with Crippen molar-refractivity contribution in [1.29, 1.82) is 0 Å². The van der Waals surface area contributed by atoms with Gasteiger partial charge in [0, 0.05) is 11.8 Å². The molecule has 5 heteroatoms. The molecule has 0 bridgehead atoms. The van der Waals surface area contributed by atoms with Gasteiger partial charge in [0.1, 0.15) is 9.84 Å². The maximum atomic E-state index is 11.5. The van der Waals surface area contributed by atoms with Gasteiger partial charge in [-0.1, -0.05) is 27.7 Å². The zero-order chi connectivity index (χ0) is 15.4. The predicted molar refractivity (Wildman–Crippen MR) is 88.0 cm³/mol. The molecule has 0 saturated carbocycles. The molecule has 0 spiro atoms. The highest BCUT2D eigenvalue weighted by molar-refractivity contribution is 7.91. The quantitative estimate of drug-likeness (QED) is 0.567. The molecular weight excluding hydrogens is 272 g/mol. The second-order valence-electron chi connectivity index (χ2n) is 5.35. The molecule has 0 saturated heterocycles. The molecule has 0 aliphatic carbocycles. The van der Waals surface area contributed by atoms with Gasteiger partial charge in [0.15, 0.2) is 0 Å². The summed E-state index contributed by atoms with van der Waals surface area (Å²) < 4.78 is 23.0. The summed E-state index contributed by atoms with van der Waals surface area (Å²) in [6, 6.07) is 0.447. The van der Waals surface area contributed by atoms with Crippen LogP contribution in [0.15, 0.2) is 0 Å². The van der Waals surface area contributed by atoms with Gasteiger partial charge in [-0.3, -0.25) is 0 Å². The molecule has 0 aromatic rings. The minimum atomic E-state index is -2.81. The molecular formula is C15H34N2O2S. The van der Waals surface area contributed by atoms with Crippen LogP contribution >= 0.6 is 0 Å². The van der Waals surface area contributed by atoms with E-state index in [2.05, 4.69) is 31.0 Å². The van der Waals surface area contributed by atoms with Gasteiger partial charge in [0.05, 0.1) is 5.75 Å². The standard InChI is InChI=1S/C15H34N2O2S/c1-5-12-16-15(11-13-17(6-2)7-3)10-9-14-20(18,19)8-4/h15-16H,5-14H2,1-4H3. The van der Waals surface area contributed by atoms with E-state index in [1.807, 2.05) is 0 Å². The monoisotopic (exact) mass is 306 g/mol. The number of nitrogens with one attached hydrogen (secondary N) is 1. The molecule has 0 fully saturated rings. The van der Waals surface area contributed by atoms with Crippen LogP contribution in [0.2, 0.25) is 0 Å². The van der Waals surface area contributed by atoms with Crippen LogP contribution in [-0.2, 0) is 9.84 Å². The highest BCUT2D eigenvalue weighted by atomic mass is 32.2. The molecule has 1 atom stereocenters. The van der Waals surface area contributed by atoms with Crippen LogP contribution in [-0.4, -0.2) is 57.0 Å². The number of hydrogen-bond donors (Lipinski definition) is 1. The molecule has 0 aliphatic rings. The normalized spacial score (nSPS) is 13.8. The zero-order valence-electron chi connectivity index (χ0n) is 13.8. The Hall–Kier alpha value is -0.130. The lowest BCUT2D eigenvalue weighted by Gasteiger charge is -2.23. The van der Waals surface area contributed by atoms with Crippen LogP contribution in [0.25, 0.3) is 0 Å². The maximum Gasteiger partial charge on any atom is 0.150 e. The van der Waals surface area contributed by atoms with Gasteiger partial charge in [0.25, 0.3) is 0 Å². The number of rotatable bonds is 13. The summed E-state index contributed by atoms with van der Waals surface area (Å²) in [5, 5.41) is 3.56. The van der Waals surface area contributed by atoms with Crippen molar-refractivity contribution in [2.75, 3.05) is 37.7 Å². The third-order valence-corrected chi connectivity index (χ3v) is 5.61. The first-order valence-corrected chi connectivity index (χ1v) is 9.97. The lowest BCUT2D eigenvalue weighted by atomic mass is 10.1. The summed E-state index contributed by atoms with van der Waals surface area (Å²) in [5.74, 6) is 0.596. The summed E-state index contributed by atoms with van der Waals surface area (Å²) in [7, 11) is -2.81. The van der Waals surface area contributed by atoms with Crippen molar-refractivity contribution in [2.45, 2.75) is 59.4 Å². The van der Waals surface area contributed by atoms with Gasteiger partial charge in [-0.15, -0.1) is 0 Å². The lowest BCUT2D eigenvalue weighted by molar-refractivity contribution is 0.277. The summed E-state index contributed by atoms with van der Waals surface area (Å²) in [5.41, 5.74) is 0. The van der Waals surface area contributed by atoms with Crippen LogP contribution in [0.4, 0.5) is 0 Å². The number of nitrogens with zero attached hydrogens (tertiary/aromatic N) is 1. The van der Waals surface area contributed by atoms with Crippen molar-refractivity contribution in [3.05, 3.63) is 0 Å². The van der Waals surface area contributed by atoms with Gasteiger partial charge < -0.3 is 10.2 Å². The summed E-state index contributed by atoms with van der Waals surface area (Å²) in [6.45, 7) is 12.5. The number of hydrogen-bond acceptors (Lipinski definition) is 4. The molecule has 0 heterocycles. The van der Waals surface area contributed by atoms with Crippen molar-refractivity contribution < 1.29 is 8.42 Å². The highest BCUT2D eigenvalue weighted by Crippen LogP contribution is 2.07. The SMILES string of the molecule is CCCNC(CCCS(=O)(=O)CC)CCN(CC)CC. The molecule has 20 heavy (non-hydrogen) atoms. The van der Waals surface area contributed by atoms with Crippen molar-refractivity contribution in [3.8, 4) is 0 Å². The molecule has 4 nitrogen and oxygen atoms in total. The summed E-state index contributed by atoms with van der Waals surface area (Å²) >= 11 is 0. The average Bonchev–Trinajstić information content (AvgIpc) is 2.44. The molecule has 0 radical (unpaired) electrons. The predicted octanol–water partition coefficient (Wildman–Crippen LogP) is 2.30. The fourth-order valence-corrected chi connectivity index (χ4v) is 3.16. The minimum absolute atomic E-state index is 0.263. The second-order valence-corrected chi connectivity index (χ2v) is 7.82. The van der Waals surface area contributed by atoms with E-state index in [0.29, 0.717) is 11.8 Å². The highest BCUT2D eigenvalue weighted by Gasteiger charge is 2.12. The van der Waals surface area contributed by atoms with Crippen molar-refractivity contribution in [3.63, 3.8) is 0 Å². The first kappa shape index (κ1) is 19.9. The van der Waals surface area contributed by atoms with Gasteiger partial charge in [0.2, 0.25) is 0 Å². The average molecular weight is 307 g/mol. The smallest absolute Gasteiger partial charge is 0.150 e. The molecule has 1 N–H and O–H groups in total. The van der Waals surface area contributed by atoms with E-state index in [1.165, 1.54) is 0 Å². The van der Waals surface area contributed by atoms with Gasteiger partial charge in [-0.05, 0) is 51.9 Å². The Morgan fingerprint density at radius 2 is 1.70 bits per heavy atom. The van der Waals surface area contributed by atoms with Crippen molar-refractivity contribution in [2.24, 2.45) is 0 Å². The van der Waals surface area contributed by atoms with Crippen LogP contribution < -0.4 is 5.32 Å². The molecule has 0 aromatic heterocycles. The Bertz CT molecular complexity index is 314. The van der Waals surface area contributed by atoms with Crippen LogP contribution in [0.5, 0.6) is 0 Å². The Morgan fingerprint density at radius 3 is 2.20 bits per heavy atom. The van der Waals surface area contributed by atoms with Crippen LogP contribution in [0.3, 0.4) is 0 Å². The number of sulfone groups is 1. The molecule has 0 rings (SSSR count). The Labute approximate surface area is 126 Å². The summed E-state index contributed by atoms with van der Waals surface area (Å²) in [4.78, 5) is 2.42. The third kappa shape index (κ3) is 9.72. The molecule has 1 unspecified atom stereocenters. The Balaban J connectivity index is 4.13. The first-order valence-electron chi connectivity index (χ1n) is 8.15. The first-order chi connectivity index (χ1) is 9.49. The molecule has 122 valence electrons. The third-order valence-electron chi connectivity index (χ3n) is 3.82. The lowest BCUT2D eigenvalue weighted by Crippen LogP contribution is -2.35. The fraction of sp³-hybridized carbons (Fsp3) is 1.00. The van der Waals surface area contributed by atoms with E-state index in [1.54, 1.807) is 6.92 Å². The molecule has 0 amide bonds. The van der Waals surface area contributed by atoms with E-state index < -0.39 is 9.84 Å². The topological polar surface area (TPSA) is 49.4 Å². The maximum absolute atomic E-state index is 11.5. The minimum Gasteiger partial charge on any atom is -0.314 e. The van der Waals surface area contributed by atoms with E-state index in [9.17, 15) is 8.42 Å². The van der Waals surface area contributed by atoms with E-state index in [0.717, 1.165) is 51.9 Å². The van der Waals surface area contributed by atoms with Crippen molar-refractivity contribution >= 4 is 9.84 Å². The summed E-state index contributed by atoms with van der Waals surface area (Å²) in [6.07, 6.45) is 3.96. The van der Waals surface area contributed by atoms with E-state index >= 15 is 0 Å². The van der Waals surface area contributed by atoms with Gasteiger partial charge in [-0.2, -0.15) is 0 Å². The van der Waals surface area contributed by atoms with Crippen LogP contribution in [0, 0.1) is 0 Å². The Morgan fingerprint density at radius 1 is 1.05 bits per heavy atom. The molecule has 0 aromatic carbocycles. The largest absolute Gasteiger partial charge is 0.314 e. The van der Waals surface area contributed by atoms with Gasteiger partial charge in [-0.25, -0.2) is 8.42 Å². The van der Waals surface area contributed by atoms with E-state index in [4.69, 9.17) is 0 Å². The zero-order valence-corrected chi connectivity index (χ0v) is 14.6. The second kappa shape index (κ2) is 11.5.